The molecule has 1 aliphatic rings. The molecule has 2 heteroatoms. The van der Waals surface area contributed by atoms with Crippen LogP contribution < -0.4 is 0 Å². The van der Waals surface area contributed by atoms with Crippen LogP contribution >= 0.6 is 0 Å². The van der Waals surface area contributed by atoms with Gasteiger partial charge in [0, 0.05) is 13.1 Å². The second-order valence-electron chi connectivity index (χ2n) is 4.81. The van der Waals surface area contributed by atoms with Gasteiger partial charge in [0.05, 0.1) is 6.10 Å². The Morgan fingerprint density at radius 2 is 2.00 bits per heavy atom. The topological polar surface area (TPSA) is 23.5 Å². The zero-order valence-corrected chi connectivity index (χ0v) is 9.71. The van der Waals surface area contributed by atoms with Gasteiger partial charge in [0.25, 0.3) is 0 Å². The third-order valence-electron chi connectivity index (χ3n) is 3.19. The van der Waals surface area contributed by atoms with Gasteiger partial charge in [-0.15, -0.1) is 0 Å². The molecule has 0 bridgehead atoms. The van der Waals surface area contributed by atoms with E-state index < -0.39 is 0 Å². The van der Waals surface area contributed by atoms with Gasteiger partial charge in [0.15, 0.2) is 0 Å². The van der Waals surface area contributed by atoms with E-state index in [0.29, 0.717) is 0 Å². The van der Waals surface area contributed by atoms with Crippen molar-refractivity contribution < 1.29 is 5.11 Å². The second-order valence-corrected chi connectivity index (χ2v) is 4.81. The Morgan fingerprint density at radius 3 is 2.57 bits per heavy atom. The summed E-state index contributed by atoms with van der Waals surface area (Å²) in [5.74, 6) is 0.897. The standard InChI is InChI=1S/C12H25NO/c1-3-6-12(14)10-13(2)9-11-7-4-5-8-11/h11-12,14H,3-10H2,1-2H3. The Hall–Kier alpha value is -0.0800. The van der Waals surface area contributed by atoms with E-state index in [1.807, 2.05) is 0 Å². The number of nitrogens with zero attached hydrogens (tertiary/aromatic N) is 1. The van der Waals surface area contributed by atoms with E-state index >= 15 is 0 Å². The highest BCUT2D eigenvalue weighted by Gasteiger charge is 2.17. The molecule has 0 aromatic rings. The molecule has 0 radical (unpaired) electrons. The van der Waals surface area contributed by atoms with Crippen LogP contribution in [0.1, 0.15) is 45.4 Å². The van der Waals surface area contributed by atoms with Crippen LogP contribution in [-0.4, -0.2) is 36.2 Å². The minimum Gasteiger partial charge on any atom is -0.392 e. The molecule has 1 saturated carbocycles. The highest BCUT2D eigenvalue weighted by atomic mass is 16.3. The Labute approximate surface area is 88.3 Å². The first kappa shape index (κ1) is 12.0. The van der Waals surface area contributed by atoms with E-state index in [4.69, 9.17) is 0 Å². The van der Waals surface area contributed by atoms with Crippen molar-refractivity contribution in [2.75, 3.05) is 20.1 Å². The highest BCUT2D eigenvalue weighted by molar-refractivity contribution is 4.71. The summed E-state index contributed by atoms with van der Waals surface area (Å²) < 4.78 is 0. The van der Waals surface area contributed by atoms with Crippen molar-refractivity contribution in [1.29, 1.82) is 0 Å². The molecule has 0 heterocycles. The summed E-state index contributed by atoms with van der Waals surface area (Å²) in [7, 11) is 2.14. The second kappa shape index (κ2) is 6.41. The Kier molecular flexibility index (Phi) is 5.49. The largest absolute Gasteiger partial charge is 0.392 e. The van der Waals surface area contributed by atoms with Gasteiger partial charge in [0.2, 0.25) is 0 Å². The fraction of sp³-hybridized carbons (Fsp3) is 1.00. The number of rotatable bonds is 6. The van der Waals surface area contributed by atoms with Crippen molar-refractivity contribution in [2.45, 2.75) is 51.6 Å². The lowest BCUT2D eigenvalue weighted by Gasteiger charge is -2.23. The minimum absolute atomic E-state index is 0.119. The fourth-order valence-corrected chi connectivity index (χ4v) is 2.49. The SMILES string of the molecule is CCCC(O)CN(C)CC1CCCC1. The van der Waals surface area contributed by atoms with Crippen LogP contribution in [0, 0.1) is 5.92 Å². The molecule has 0 spiro atoms. The Bertz CT molecular complexity index is 143. The quantitative estimate of drug-likeness (QED) is 0.709. The zero-order valence-electron chi connectivity index (χ0n) is 9.71. The third-order valence-corrected chi connectivity index (χ3v) is 3.19. The van der Waals surface area contributed by atoms with Crippen molar-refractivity contribution in [3.63, 3.8) is 0 Å². The van der Waals surface area contributed by atoms with E-state index in [9.17, 15) is 5.11 Å². The van der Waals surface area contributed by atoms with E-state index in [1.54, 1.807) is 0 Å². The molecule has 0 aliphatic heterocycles. The van der Waals surface area contributed by atoms with Crippen LogP contribution in [0.5, 0.6) is 0 Å². The van der Waals surface area contributed by atoms with Crippen molar-refractivity contribution in [1.82, 2.24) is 4.90 Å². The van der Waals surface area contributed by atoms with Crippen LogP contribution in [0.25, 0.3) is 0 Å². The molecule has 0 aromatic carbocycles. The van der Waals surface area contributed by atoms with E-state index in [1.165, 1.54) is 32.2 Å². The minimum atomic E-state index is -0.119. The van der Waals surface area contributed by atoms with Gasteiger partial charge in [-0.2, -0.15) is 0 Å². The average molecular weight is 199 g/mol. The smallest absolute Gasteiger partial charge is 0.0666 e. The van der Waals surface area contributed by atoms with E-state index in [2.05, 4.69) is 18.9 Å². The molecule has 1 rings (SSSR count). The number of hydrogen-bond acceptors (Lipinski definition) is 2. The van der Waals surface area contributed by atoms with E-state index in [0.717, 1.165) is 25.3 Å². The molecule has 1 fully saturated rings. The van der Waals surface area contributed by atoms with Crippen LogP contribution in [0.4, 0.5) is 0 Å². The molecule has 1 N–H and O–H groups in total. The lowest BCUT2D eigenvalue weighted by Crippen LogP contribution is -2.32. The number of likely N-dealkylation sites (N-methyl/N-ethyl adjacent to an activating group) is 1. The predicted octanol–water partition coefficient (Wildman–Crippen LogP) is 2.27. The summed E-state index contributed by atoms with van der Waals surface area (Å²) in [6.45, 7) is 4.16. The van der Waals surface area contributed by atoms with Gasteiger partial charge in [-0.05, 0) is 32.2 Å². The summed E-state index contributed by atoms with van der Waals surface area (Å²) in [5.41, 5.74) is 0. The number of aliphatic hydroxyl groups excluding tert-OH is 1. The van der Waals surface area contributed by atoms with Gasteiger partial charge < -0.3 is 10.0 Å². The summed E-state index contributed by atoms with van der Waals surface area (Å²) in [5, 5.41) is 9.65. The van der Waals surface area contributed by atoms with Crippen LogP contribution in [0.3, 0.4) is 0 Å². The van der Waals surface area contributed by atoms with Crippen LogP contribution in [0.15, 0.2) is 0 Å². The Morgan fingerprint density at radius 1 is 1.36 bits per heavy atom. The monoisotopic (exact) mass is 199 g/mol. The first-order valence-corrected chi connectivity index (χ1v) is 6.09. The first-order valence-electron chi connectivity index (χ1n) is 6.09. The van der Waals surface area contributed by atoms with Gasteiger partial charge in [-0.3, -0.25) is 0 Å². The maximum atomic E-state index is 9.65. The molecule has 0 amide bonds. The summed E-state index contributed by atoms with van der Waals surface area (Å²) >= 11 is 0. The lowest BCUT2D eigenvalue weighted by atomic mass is 10.1. The van der Waals surface area contributed by atoms with Crippen molar-refractivity contribution >= 4 is 0 Å². The van der Waals surface area contributed by atoms with E-state index in [-0.39, 0.29) is 6.10 Å². The molecule has 1 atom stereocenters. The lowest BCUT2D eigenvalue weighted by molar-refractivity contribution is 0.110. The molecular weight excluding hydrogens is 174 g/mol. The highest BCUT2D eigenvalue weighted by Crippen LogP contribution is 2.25. The molecule has 1 aliphatic carbocycles. The molecule has 1 unspecified atom stereocenters. The van der Waals surface area contributed by atoms with Crippen molar-refractivity contribution in [3.05, 3.63) is 0 Å². The molecular formula is C12H25NO. The molecule has 14 heavy (non-hydrogen) atoms. The predicted molar refractivity (Wildman–Crippen MR) is 60.4 cm³/mol. The molecule has 2 nitrogen and oxygen atoms in total. The molecule has 84 valence electrons. The fourth-order valence-electron chi connectivity index (χ4n) is 2.49. The van der Waals surface area contributed by atoms with Gasteiger partial charge in [0.1, 0.15) is 0 Å². The maximum absolute atomic E-state index is 9.65. The van der Waals surface area contributed by atoms with Crippen LogP contribution in [0.2, 0.25) is 0 Å². The van der Waals surface area contributed by atoms with Gasteiger partial charge in [-0.1, -0.05) is 26.2 Å². The maximum Gasteiger partial charge on any atom is 0.0666 e. The Balaban J connectivity index is 2.10. The van der Waals surface area contributed by atoms with Crippen molar-refractivity contribution in [2.24, 2.45) is 5.92 Å². The van der Waals surface area contributed by atoms with Crippen molar-refractivity contribution in [3.8, 4) is 0 Å². The van der Waals surface area contributed by atoms with Gasteiger partial charge >= 0.3 is 0 Å². The summed E-state index contributed by atoms with van der Waals surface area (Å²) in [4.78, 5) is 2.30. The first-order chi connectivity index (χ1) is 6.72. The van der Waals surface area contributed by atoms with Gasteiger partial charge in [-0.25, -0.2) is 0 Å². The summed E-state index contributed by atoms with van der Waals surface area (Å²) in [6, 6.07) is 0. The molecule has 0 saturated heterocycles. The number of hydrogen-bond donors (Lipinski definition) is 1. The average Bonchev–Trinajstić information content (AvgIpc) is 2.56. The van der Waals surface area contributed by atoms with Crippen LogP contribution in [-0.2, 0) is 0 Å². The third kappa shape index (κ3) is 4.43. The zero-order chi connectivity index (χ0) is 10.4. The normalized spacial score (nSPS) is 20.6. The molecule has 0 aromatic heterocycles. The summed E-state index contributed by atoms with van der Waals surface area (Å²) in [6.07, 6.45) is 7.52. The number of aliphatic hydroxyl groups is 1.